The zero-order valence-corrected chi connectivity index (χ0v) is 15.0. The average molecular weight is 319 g/mol. The van der Waals surface area contributed by atoms with E-state index in [2.05, 4.69) is 65.0 Å². The molecule has 0 saturated carbocycles. The molecule has 0 amide bonds. The molecular weight excluding hydrogens is 293 g/mol. The van der Waals surface area contributed by atoms with Crippen molar-refractivity contribution in [3.63, 3.8) is 0 Å². The molecule has 5 heteroatoms. The standard InChI is InChI=1S/C17H26BNO2S/c1-6-22-15-9-7-8-13(11-15)10-14(12-19)18-20-16(2,3)17(4,5)21-18/h7-11H,6,12,19H2,1-5H3. The molecule has 1 aromatic carbocycles. The molecule has 2 rings (SSSR count). The van der Waals surface area contributed by atoms with E-state index in [4.69, 9.17) is 15.0 Å². The number of rotatable bonds is 5. The molecule has 0 spiro atoms. The Bertz CT molecular complexity index is 541. The number of hydrogen-bond acceptors (Lipinski definition) is 4. The molecule has 0 unspecified atom stereocenters. The summed E-state index contributed by atoms with van der Waals surface area (Å²) < 4.78 is 12.2. The number of nitrogens with two attached hydrogens (primary N) is 1. The fraction of sp³-hybridized carbons (Fsp3) is 0.529. The molecule has 1 aliphatic heterocycles. The molecule has 0 radical (unpaired) electrons. The fourth-order valence-electron chi connectivity index (χ4n) is 2.29. The van der Waals surface area contributed by atoms with Crippen molar-refractivity contribution in [3.05, 3.63) is 35.3 Å². The summed E-state index contributed by atoms with van der Waals surface area (Å²) >= 11 is 1.83. The normalized spacial score (nSPS) is 20.5. The third-order valence-electron chi connectivity index (χ3n) is 4.31. The van der Waals surface area contributed by atoms with Crippen LogP contribution in [-0.4, -0.2) is 30.6 Å². The summed E-state index contributed by atoms with van der Waals surface area (Å²) in [6.45, 7) is 10.8. The van der Waals surface area contributed by atoms with Crippen molar-refractivity contribution in [2.45, 2.75) is 50.7 Å². The first-order chi connectivity index (χ1) is 10.3. The van der Waals surface area contributed by atoms with Crippen LogP contribution >= 0.6 is 11.8 Å². The molecule has 0 bridgehead atoms. The third-order valence-corrected chi connectivity index (χ3v) is 5.19. The Kier molecular flexibility index (Phi) is 5.43. The van der Waals surface area contributed by atoms with Gasteiger partial charge in [-0.15, -0.1) is 11.8 Å². The minimum atomic E-state index is -0.377. The highest BCUT2D eigenvalue weighted by atomic mass is 32.2. The van der Waals surface area contributed by atoms with Crippen molar-refractivity contribution in [2.24, 2.45) is 5.73 Å². The highest BCUT2D eigenvalue weighted by Gasteiger charge is 2.52. The van der Waals surface area contributed by atoms with Crippen LogP contribution in [0.5, 0.6) is 0 Å². The van der Waals surface area contributed by atoms with Crippen molar-refractivity contribution in [2.75, 3.05) is 12.3 Å². The van der Waals surface area contributed by atoms with Gasteiger partial charge in [-0.2, -0.15) is 0 Å². The van der Waals surface area contributed by atoms with Crippen molar-refractivity contribution in [1.29, 1.82) is 0 Å². The molecule has 0 aliphatic carbocycles. The Hall–Kier alpha value is -0.745. The monoisotopic (exact) mass is 319 g/mol. The predicted molar refractivity (Wildman–Crippen MR) is 96.0 cm³/mol. The van der Waals surface area contributed by atoms with Crippen molar-refractivity contribution < 1.29 is 9.31 Å². The van der Waals surface area contributed by atoms with Gasteiger partial charge in [0, 0.05) is 11.4 Å². The average Bonchev–Trinajstić information content (AvgIpc) is 2.65. The Morgan fingerprint density at radius 1 is 1.23 bits per heavy atom. The van der Waals surface area contributed by atoms with E-state index in [1.807, 2.05) is 11.8 Å². The summed E-state index contributed by atoms with van der Waals surface area (Å²) in [7, 11) is -0.377. The quantitative estimate of drug-likeness (QED) is 0.663. The molecule has 1 aromatic rings. The molecular formula is C17H26BNO2S. The van der Waals surface area contributed by atoms with Crippen LogP contribution in [0.1, 0.15) is 40.2 Å². The third kappa shape index (κ3) is 3.77. The second kappa shape index (κ2) is 6.79. The van der Waals surface area contributed by atoms with E-state index in [0.717, 1.165) is 16.8 Å². The molecule has 2 N–H and O–H groups in total. The first-order valence-electron chi connectivity index (χ1n) is 7.78. The minimum absolute atomic E-state index is 0.341. The first-order valence-corrected chi connectivity index (χ1v) is 8.76. The van der Waals surface area contributed by atoms with Crippen molar-refractivity contribution in [1.82, 2.24) is 0 Å². The Balaban J connectivity index is 2.23. The molecule has 1 saturated heterocycles. The summed E-state index contributed by atoms with van der Waals surface area (Å²) in [5.41, 5.74) is 7.36. The predicted octanol–water partition coefficient (Wildman–Crippen LogP) is 3.77. The Morgan fingerprint density at radius 3 is 2.41 bits per heavy atom. The van der Waals surface area contributed by atoms with E-state index in [-0.39, 0.29) is 18.3 Å². The van der Waals surface area contributed by atoms with Crippen LogP contribution < -0.4 is 5.73 Å². The van der Waals surface area contributed by atoms with Crippen LogP contribution in [0.2, 0.25) is 0 Å². The van der Waals surface area contributed by atoms with E-state index >= 15 is 0 Å². The van der Waals surface area contributed by atoms with Crippen LogP contribution in [0, 0.1) is 0 Å². The molecule has 22 heavy (non-hydrogen) atoms. The van der Waals surface area contributed by atoms with E-state index in [9.17, 15) is 0 Å². The molecule has 1 heterocycles. The van der Waals surface area contributed by atoms with Crippen LogP contribution in [0.15, 0.2) is 34.6 Å². The largest absolute Gasteiger partial charge is 0.491 e. The van der Waals surface area contributed by atoms with Gasteiger partial charge in [-0.05, 0) is 56.6 Å². The van der Waals surface area contributed by atoms with E-state index in [1.165, 1.54) is 4.90 Å². The Morgan fingerprint density at radius 2 is 1.86 bits per heavy atom. The molecule has 0 aromatic heterocycles. The second-order valence-corrected chi connectivity index (χ2v) is 7.85. The lowest BCUT2D eigenvalue weighted by Crippen LogP contribution is -2.41. The topological polar surface area (TPSA) is 44.5 Å². The van der Waals surface area contributed by atoms with Crippen molar-refractivity contribution in [3.8, 4) is 0 Å². The van der Waals surface area contributed by atoms with E-state index in [0.29, 0.717) is 6.54 Å². The van der Waals surface area contributed by atoms with Crippen LogP contribution in [0.3, 0.4) is 0 Å². The van der Waals surface area contributed by atoms with E-state index in [1.54, 1.807) is 0 Å². The van der Waals surface area contributed by atoms with Gasteiger partial charge in [0.15, 0.2) is 0 Å². The lowest BCUT2D eigenvalue weighted by molar-refractivity contribution is 0.00578. The van der Waals surface area contributed by atoms with Gasteiger partial charge in [0.2, 0.25) is 0 Å². The molecule has 0 atom stereocenters. The maximum Gasteiger partial charge on any atom is 0.491 e. The second-order valence-electron chi connectivity index (χ2n) is 6.52. The summed E-state index contributed by atoms with van der Waals surface area (Å²) in [4.78, 5) is 1.27. The zero-order valence-electron chi connectivity index (χ0n) is 14.2. The van der Waals surface area contributed by atoms with Crippen molar-refractivity contribution >= 4 is 25.0 Å². The first kappa shape index (κ1) is 17.6. The minimum Gasteiger partial charge on any atom is -0.400 e. The van der Waals surface area contributed by atoms with Gasteiger partial charge in [-0.25, -0.2) is 0 Å². The summed E-state index contributed by atoms with van der Waals surface area (Å²) in [5.74, 6) is 1.06. The highest BCUT2D eigenvalue weighted by molar-refractivity contribution is 7.99. The Labute approximate surface area is 138 Å². The number of benzene rings is 1. The number of hydrogen-bond donors (Lipinski definition) is 1. The summed E-state index contributed by atoms with van der Waals surface area (Å²) in [6, 6.07) is 8.46. The van der Waals surface area contributed by atoms with Gasteiger partial charge in [0.05, 0.1) is 11.2 Å². The van der Waals surface area contributed by atoms with Gasteiger partial charge < -0.3 is 15.0 Å². The SMILES string of the molecule is CCSc1cccc(C=C(CN)B2OC(C)(C)C(C)(C)O2)c1. The maximum absolute atomic E-state index is 6.09. The summed E-state index contributed by atoms with van der Waals surface area (Å²) in [6.07, 6.45) is 2.09. The molecule has 1 aliphatic rings. The lowest BCUT2D eigenvalue weighted by Gasteiger charge is -2.32. The van der Waals surface area contributed by atoms with Crippen LogP contribution in [0.4, 0.5) is 0 Å². The zero-order chi connectivity index (χ0) is 16.4. The molecule has 1 fully saturated rings. The summed E-state index contributed by atoms with van der Waals surface area (Å²) in [5, 5.41) is 0. The van der Waals surface area contributed by atoms with Gasteiger partial charge in [0.1, 0.15) is 0 Å². The van der Waals surface area contributed by atoms with Crippen LogP contribution in [0.25, 0.3) is 6.08 Å². The lowest BCUT2D eigenvalue weighted by atomic mass is 9.77. The molecule has 3 nitrogen and oxygen atoms in total. The van der Waals surface area contributed by atoms with E-state index < -0.39 is 0 Å². The van der Waals surface area contributed by atoms with Gasteiger partial charge in [0.25, 0.3) is 0 Å². The smallest absolute Gasteiger partial charge is 0.400 e. The number of thioether (sulfide) groups is 1. The van der Waals surface area contributed by atoms with Gasteiger partial charge >= 0.3 is 7.12 Å². The fourth-order valence-corrected chi connectivity index (χ4v) is 3.02. The van der Waals surface area contributed by atoms with Gasteiger partial charge in [-0.3, -0.25) is 0 Å². The molecule has 120 valence electrons. The maximum atomic E-state index is 6.09. The van der Waals surface area contributed by atoms with Crippen LogP contribution in [-0.2, 0) is 9.31 Å². The highest BCUT2D eigenvalue weighted by Crippen LogP contribution is 2.38. The van der Waals surface area contributed by atoms with Gasteiger partial charge in [-0.1, -0.05) is 25.1 Å².